The van der Waals surface area contributed by atoms with Crippen molar-refractivity contribution in [1.29, 1.82) is 0 Å². The normalized spacial score (nSPS) is 10.5. The Labute approximate surface area is 101 Å². The van der Waals surface area contributed by atoms with Crippen LogP contribution in [0.25, 0.3) is 11.5 Å². The van der Waals surface area contributed by atoms with E-state index in [9.17, 15) is 0 Å². The van der Waals surface area contributed by atoms with E-state index in [0.717, 1.165) is 29.2 Å². The molecule has 4 heteroatoms. The highest BCUT2D eigenvalue weighted by molar-refractivity contribution is 5.54. The molecule has 0 atom stereocenters. The number of aryl methyl sites for hydroxylation is 2. The smallest absolute Gasteiger partial charge is 0.178 e. The van der Waals surface area contributed by atoms with Gasteiger partial charge in [0.1, 0.15) is 5.69 Å². The standard InChI is InChI=1S/C13H16N4/c1-9-5-4-6-15-12(9)13-16-10(2)7-11(17-13)8-14-3/h4-7,14H,8H2,1-3H3. The van der Waals surface area contributed by atoms with Crippen LogP contribution in [0.1, 0.15) is 17.0 Å². The Balaban J connectivity index is 2.48. The fraction of sp³-hybridized carbons (Fsp3) is 0.308. The third-order valence-corrected chi connectivity index (χ3v) is 2.49. The summed E-state index contributed by atoms with van der Waals surface area (Å²) in [5.41, 5.74) is 3.90. The van der Waals surface area contributed by atoms with Crippen LogP contribution in [0.3, 0.4) is 0 Å². The lowest BCUT2D eigenvalue weighted by atomic mass is 10.2. The number of hydrogen-bond donors (Lipinski definition) is 1. The second-order valence-corrected chi connectivity index (χ2v) is 4.02. The summed E-state index contributed by atoms with van der Waals surface area (Å²) < 4.78 is 0. The molecular formula is C13H16N4. The van der Waals surface area contributed by atoms with Crippen LogP contribution in [0.5, 0.6) is 0 Å². The number of rotatable bonds is 3. The van der Waals surface area contributed by atoms with Crippen LogP contribution in [-0.2, 0) is 6.54 Å². The van der Waals surface area contributed by atoms with Crippen molar-refractivity contribution in [2.75, 3.05) is 7.05 Å². The van der Waals surface area contributed by atoms with E-state index in [2.05, 4.69) is 20.3 Å². The molecule has 0 aliphatic carbocycles. The Morgan fingerprint density at radius 2 is 2.06 bits per heavy atom. The zero-order valence-corrected chi connectivity index (χ0v) is 10.4. The Morgan fingerprint density at radius 3 is 2.76 bits per heavy atom. The molecule has 0 radical (unpaired) electrons. The number of nitrogens with one attached hydrogen (secondary N) is 1. The van der Waals surface area contributed by atoms with Crippen molar-refractivity contribution in [3.63, 3.8) is 0 Å². The van der Waals surface area contributed by atoms with Gasteiger partial charge in [0.25, 0.3) is 0 Å². The molecule has 0 amide bonds. The molecule has 0 bridgehead atoms. The van der Waals surface area contributed by atoms with Crippen molar-refractivity contribution in [2.45, 2.75) is 20.4 Å². The van der Waals surface area contributed by atoms with E-state index < -0.39 is 0 Å². The molecule has 0 saturated carbocycles. The highest BCUT2D eigenvalue weighted by atomic mass is 14.9. The molecule has 2 aromatic heterocycles. The molecule has 0 aliphatic rings. The summed E-state index contributed by atoms with van der Waals surface area (Å²) in [6.07, 6.45) is 1.77. The second kappa shape index (κ2) is 5.01. The quantitative estimate of drug-likeness (QED) is 0.871. The van der Waals surface area contributed by atoms with Gasteiger partial charge in [0.05, 0.1) is 5.69 Å². The molecule has 88 valence electrons. The molecule has 0 saturated heterocycles. The zero-order chi connectivity index (χ0) is 12.3. The molecule has 2 rings (SSSR count). The molecular weight excluding hydrogens is 212 g/mol. The maximum absolute atomic E-state index is 4.52. The summed E-state index contributed by atoms with van der Waals surface area (Å²) in [6.45, 7) is 4.73. The van der Waals surface area contributed by atoms with Gasteiger partial charge in [-0.3, -0.25) is 4.98 Å². The van der Waals surface area contributed by atoms with E-state index in [1.165, 1.54) is 0 Å². The van der Waals surface area contributed by atoms with Gasteiger partial charge in [0.2, 0.25) is 0 Å². The average molecular weight is 228 g/mol. The first-order valence-electron chi connectivity index (χ1n) is 5.62. The van der Waals surface area contributed by atoms with E-state index >= 15 is 0 Å². The van der Waals surface area contributed by atoms with Crippen molar-refractivity contribution < 1.29 is 0 Å². The van der Waals surface area contributed by atoms with Gasteiger partial charge in [-0.05, 0) is 38.6 Å². The molecule has 0 aliphatic heterocycles. The van der Waals surface area contributed by atoms with Gasteiger partial charge in [-0.25, -0.2) is 9.97 Å². The first kappa shape index (κ1) is 11.7. The lowest BCUT2D eigenvalue weighted by Crippen LogP contribution is -2.09. The van der Waals surface area contributed by atoms with Crippen molar-refractivity contribution in [2.24, 2.45) is 0 Å². The third-order valence-electron chi connectivity index (χ3n) is 2.49. The first-order valence-corrected chi connectivity index (χ1v) is 5.62. The van der Waals surface area contributed by atoms with E-state index in [4.69, 9.17) is 0 Å². The molecule has 17 heavy (non-hydrogen) atoms. The van der Waals surface area contributed by atoms with Crippen LogP contribution in [0.15, 0.2) is 24.4 Å². The van der Waals surface area contributed by atoms with E-state index in [0.29, 0.717) is 5.82 Å². The Morgan fingerprint density at radius 1 is 1.24 bits per heavy atom. The van der Waals surface area contributed by atoms with Crippen LogP contribution in [0.2, 0.25) is 0 Å². The SMILES string of the molecule is CNCc1cc(C)nc(-c2ncccc2C)n1. The second-order valence-electron chi connectivity index (χ2n) is 4.02. The number of nitrogens with zero attached hydrogens (tertiary/aromatic N) is 3. The summed E-state index contributed by atoms with van der Waals surface area (Å²) in [7, 11) is 1.91. The van der Waals surface area contributed by atoms with E-state index in [1.807, 2.05) is 39.1 Å². The molecule has 0 fully saturated rings. The van der Waals surface area contributed by atoms with Gasteiger partial charge in [0.15, 0.2) is 5.82 Å². The predicted molar refractivity (Wildman–Crippen MR) is 67.5 cm³/mol. The monoisotopic (exact) mass is 228 g/mol. The zero-order valence-electron chi connectivity index (χ0n) is 10.4. The van der Waals surface area contributed by atoms with Crippen molar-refractivity contribution >= 4 is 0 Å². The Hall–Kier alpha value is -1.81. The van der Waals surface area contributed by atoms with Gasteiger partial charge in [-0.2, -0.15) is 0 Å². The predicted octanol–water partition coefficient (Wildman–Crippen LogP) is 1.87. The third kappa shape index (κ3) is 2.65. The molecule has 1 N–H and O–H groups in total. The van der Waals surface area contributed by atoms with Gasteiger partial charge >= 0.3 is 0 Å². The molecule has 0 unspecified atom stereocenters. The van der Waals surface area contributed by atoms with Gasteiger partial charge in [-0.15, -0.1) is 0 Å². The summed E-state index contributed by atoms with van der Waals surface area (Å²) in [5.74, 6) is 0.702. The fourth-order valence-electron chi connectivity index (χ4n) is 1.73. The Bertz CT molecular complexity index is 523. The van der Waals surface area contributed by atoms with Crippen LogP contribution >= 0.6 is 0 Å². The van der Waals surface area contributed by atoms with E-state index in [1.54, 1.807) is 6.20 Å². The van der Waals surface area contributed by atoms with Crippen LogP contribution in [-0.4, -0.2) is 22.0 Å². The van der Waals surface area contributed by atoms with Crippen LogP contribution in [0, 0.1) is 13.8 Å². The van der Waals surface area contributed by atoms with Crippen molar-refractivity contribution in [1.82, 2.24) is 20.3 Å². The fourth-order valence-corrected chi connectivity index (χ4v) is 1.73. The molecule has 0 spiro atoms. The topological polar surface area (TPSA) is 50.7 Å². The molecule has 2 heterocycles. The first-order chi connectivity index (χ1) is 8.20. The van der Waals surface area contributed by atoms with Gasteiger partial charge in [-0.1, -0.05) is 6.07 Å². The van der Waals surface area contributed by atoms with E-state index in [-0.39, 0.29) is 0 Å². The number of hydrogen-bond acceptors (Lipinski definition) is 4. The maximum Gasteiger partial charge on any atom is 0.178 e. The Kier molecular flexibility index (Phi) is 3.44. The van der Waals surface area contributed by atoms with Crippen LogP contribution in [0.4, 0.5) is 0 Å². The number of aromatic nitrogens is 3. The molecule has 4 nitrogen and oxygen atoms in total. The van der Waals surface area contributed by atoms with Crippen molar-refractivity contribution in [3.8, 4) is 11.5 Å². The van der Waals surface area contributed by atoms with Crippen molar-refractivity contribution in [3.05, 3.63) is 41.3 Å². The van der Waals surface area contributed by atoms with Gasteiger partial charge < -0.3 is 5.32 Å². The molecule has 2 aromatic rings. The number of pyridine rings is 1. The maximum atomic E-state index is 4.52. The highest BCUT2D eigenvalue weighted by Crippen LogP contribution is 2.17. The minimum atomic E-state index is 0.702. The minimum Gasteiger partial charge on any atom is -0.314 e. The molecule has 0 aromatic carbocycles. The summed E-state index contributed by atoms with van der Waals surface area (Å²) in [6, 6.07) is 5.92. The summed E-state index contributed by atoms with van der Waals surface area (Å²) >= 11 is 0. The average Bonchev–Trinajstić information content (AvgIpc) is 2.29. The lowest BCUT2D eigenvalue weighted by Gasteiger charge is -2.06. The lowest BCUT2D eigenvalue weighted by molar-refractivity contribution is 0.784. The highest BCUT2D eigenvalue weighted by Gasteiger charge is 2.08. The summed E-state index contributed by atoms with van der Waals surface area (Å²) in [5, 5.41) is 3.09. The summed E-state index contributed by atoms with van der Waals surface area (Å²) in [4.78, 5) is 13.3. The largest absolute Gasteiger partial charge is 0.314 e. The minimum absolute atomic E-state index is 0.702. The van der Waals surface area contributed by atoms with Gasteiger partial charge in [0, 0.05) is 18.4 Å². The van der Waals surface area contributed by atoms with Crippen LogP contribution < -0.4 is 5.32 Å².